The van der Waals surface area contributed by atoms with Crippen LogP contribution in [0.1, 0.15) is 272 Å². The third-order valence-electron chi connectivity index (χ3n) is 11.1. The highest BCUT2D eigenvalue weighted by molar-refractivity contribution is 4.61. The molecule has 0 unspecified atom stereocenters. The lowest BCUT2D eigenvalue weighted by Crippen LogP contribution is -2.27. The first-order valence-corrected chi connectivity index (χ1v) is 23.3. The molecular formula is C47H97N. The van der Waals surface area contributed by atoms with E-state index in [2.05, 4.69) is 39.5 Å². The predicted molar refractivity (Wildman–Crippen MR) is 223 cm³/mol. The van der Waals surface area contributed by atoms with Gasteiger partial charge in [-0.25, -0.2) is 0 Å². The summed E-state index contributed by atoms with van der Waals surface area (Å²) < 4.78 is 0. The summed E-state index contributed by atoms with van der Waals surface area (Å²) in [5, 5.41) is 0. The first kappa shape index (κ1) is 48.0. The second-order valence-electron chi connectivity index (χ2n) is 17.2. The van der Waals surface area contributed by atoms with Gasteiger partial charge in [0.15, 0.2) is 0 Å². The van der Waals surface area contributed by atoms with Gasteiger partial charge >= 0.3 is 0 Å². The zero-order chi connectivity index (χ0) is 35.0. The van der Waals surface area contributed by atoms with Crippen LogP contribution in [0.3, 0.4) is 0 Å². The number of nitrogens with zero attached hydrogens (tertiary/aromatic N) is 1. The maximum Gasteiger partial charge on any atom is -0.00187 e. The van der Waals surface area contributed by atoms with Crippen molar-refractivity contribution >= 4 is 0 Å². The van der Waals surface area contributed by atoms with Crippen molar-refractivity contribution in [2.75, 3.05) is 19.6 Å². The molecule has 0 aromatic carbocycles. The highest BCUT2D eigenvalue weighted by Gasteiger charge is 2.06. The molecule has 0 spiro atoms. The van der Waals surface area contributed by atoms with Gasteiger partial charge in [-0.2, -0.15) is 0 Å². The topological polar surface area (TPSA) is 3.24 Å². The second kappa shape index (κ2) is 41.4. The van der Waals surface area contributed by atoms with Gasteiger partial charge < -0.3 is 4.90 Å². The Morgan fingerprint density at radius 3 is 0.646 bits per heavy atom. The Balaban J connectivity index is 3.86. The van der Waals surface area contributed by atoms with E-state index in [1.807, 2.05) is 0 Å². The van der Waals surface area contributed by atoms with E-state index in [1.165, 1.54) is 257 Å². The fourth-order valence-corrected chi connectivity index (χ4v) is 7.65. The van der Waals surface area contributed by atoms with E-state index in [0.717, 1.165) is 11.8 Å². The molecular weight excluding hydrogens is 579 g/mol. The van der Waals surface area contributed by atoms with E-state index in [0.29, 0.717) is 0 Å². The maximum atomic E-state index is 2.87. The number of hydrogen-bond acceptors (Lipinski definition) is 1. The van der Waals surface area contributed by atoms with Crippen LogP contribution in [-0.2, 0) is 0 Å². The van der Waals surface area contributed by atoms with Gasteiger partial charge in [-0.05, 0) is 50.7 Å². The molecule has 0 radical (unpaired) electrons. The fraction of sp³-hybridized carbons (Fsp3) is 1.00. The Morgan fingerprint density at radius 2 is 0.438 bits per heavy atom. The third kappa shape index (κ3) is 42.1. The highest BCUT2D eigenvalue weighted by atomic mass is 15.1. The van der Waals surface area contributed by atoms with E-state index < -0.39 is 0 Å². The molecule has 0 N–H and O–H groups in total. The predicted octanol–water partition coefficient (Wildman–Crippen LogP) is 17.1. The summed E-state index contributed by atoms with van der Waals surface area (Å²) in [6, 6.07) is 0. The molecule has 0 amide bonds. The molecule has 48 heavy (non-hydrogen) atoms. The van der Waals surface area contributed by atoms with E-state index in [9.17, 15) is 0 Å². The lowest BCUT2D eigenvalue weighted by atomic mass is 10.0. The first-order valence-electron chi connectivity index (χ1n) is 23.3. The summed E-state index contributed by atoms with van der Waals surface area (Å²) in [5.74, 6) is 1.78. The molecule has 0 saturated heterocycles. The minimum atomic E-state index is 0.890. The quantitative estimate of drug-likeness (QED) is 0.0582. The lowest BCUT2D eigenvalue weighted by Gasteiger charge is -2.22. The van der Waals surface area contributed by atoms with Crippen molar-refractivity contribution < 1.29 is 0 Å². The van der Waals surface area contributed by atoms with Crippen molar-refractivity contribution in [2.45, 2.75) is 272 Å². The van der Waals surface area contributed by atoms with Crippen molar-refractivity contribution in [2.24, 2.45) is 11.8 Å². The van der Waals surface area contributed by atoms with Crippen LogP contribution in [0.5, 0.6) is 0 Å². The van der Waals surface area contributed by atoms with E-state index in [1.54, 1.807) is 0 Å². The van der Waals surface area contributed by atoms with Gasteiger partial charge in [0.1, 0.15) is 0 Å². The zero-order valence-electron chi connectivity index (χ0n) is 34.9. The van der Waals surface area contributed by atoms with Crippen LogP contribution in [0, 0.1) is 11.8 Å². The normalized spacial score (nSPS) is 12.0. The Labute approximate surface area is 307 Å². The second-order valence-corrected chi connectivity index (χ2v) is 17.2. The van der Waals surface area contributed by atoms with Crippen LogP contribution in [0.4, 0.5) is 0 Å². The van der Waals surface area contributed by atoms with Crippen molar-refractivity contribution in [1.29, 1.82) is 0 Å². The molecule has 0 aliphatic heterocycles. The SMILES string of the molecule is CCCCCCCCCCCN(CCCCCCCCCCCCCCCC(C)C)CCCCCCCCCCCCCCCC(C)C. The van der Waals surface area contributed by atoms with Gasteiger partial charge in [-0.3, -0.25) is 0 Å². The van der Waals surface area contributed by atoms with Gasteiger partial charge in [0.2, 0.25) is 0 Å². The van der Waals surface area contributed by atoms with Crippen molar-refractivity contribution in [3.05, 3.63) is 0 Å². The molecule has 0 aromatic heterocycles. The van der Waals surface area contributed by atoms with Crippen LogP contribution < -0.4 is 0 Å². The van der Waals surface area contributed by atoms with Crippen molar-refractivity contribution in [1.82, 2.24) is 4.90 Å². The largest absolute Gasteiger partial charge is 0.303 e. The molecule has 0 fully saturated rings. The number of hydrogen-bond donors (Lipinski definition) is 0. The summed E-state index contributed by atoms with van der Waals surface area (Å²) in [7, 11) is 0. The molecule has 1 nitrogen and oxygen atoms in total. The van der Waals surface area contributed by atoms with E-state index in [-0.39, 0.29) is 0 Å². The molecule has 0 bridgehead atoms. The zero-order valence-corrected chi connectivity index (χ0v) is 34.9. The van der Waals surface area contributed by atoms with E-state index in [4.69, 9.17) is 0 Å². The lowest BCUT2D eigenvalue weighted by molar-refractivity contribution is 0.254. The molecule has 290 valence electrons. The van der Waals surface area contributed by atoms with Gasteiger partial charge in [0.25, 0.3) is 0 Å². The van der Waals surface area contributed by atoms with Gasteiger partial charge in [-0.15, -0.1) is 0 Å². The van der Waals surface area contributed by atoms with Crippen molar-refractivity contribution in [3.8, 4) is 0 Å². The van der Waals surface area contributed by atoms with Gasteiger partial charge in [0.05, 0.1) is 0 Å². The molecule has 0 atom stereocenters. The Morgan fingerprint density at radius 1 is 0.250 bits per heavy atom. The molecule has 0 heterocycles. The average molecular weight is 676 g/mol. The first-order chi connectivity index (χ1) is 23.6. The molecule has 0 aliphatic rings. The van der Waals surface area contributed by atoms with Gasteiger partial charge in [-0.1, -0.05) is 253 Å². The van der Waals surface area contributed by atoms with Crippen LogP contribution in [0.15, 0.2) is 0 Å². The molecule has 0 rings (SSSR count). The maximum absolute atomic E-state index is 2.87. The summed E-state index contributed by atoms with van der Waals surface area (Å²) >= 11 is 0. The smallest absolute Gasteiger partial charge is 0.00187 e. The minimum Gasteiger partial charge on any atom is -0.303 e. The molecule has 0 aliphatic carbocycles. The fourth-order valence-electron chi connectivity index (χ4n) is 7.65. The van der Waals surface area contributed by atoms with Crippen LogP contribution in [0.25, 0.3) is 0 Å². The van der Waals surface area contributed by atoms with Crippen LogP contribution >= 0.6 is 0 Å². The van der Waals surface area contributed by atoms with E-state index >= 15 is 0 Å². The molecule has 0 aromatic rings. The summed E-state index contributed by atoms with van der Waals surface area (Å²) in [6.45, 7) is 15.9. The van der Waals surface area contributed by atoms with Crippen molar-refractivity contribution in [3.63, 3.8) is 0 Å². The summed E-state index contributed by atoms with van der Waals surface area (Å²) in [6.07, 6.45) is 54.2. The van der Waals surface area contributed by atoms with Crippen LogP contribution in [-0.4, -0.2) is 24.5 Å². The summed E-state index contributed by atoms with van der Waals surface area (Å²) in [4.78, 5) is 2.87. The van der Waals surface area contributed by atoms with Gasteiger partial charge in [0, 0.05) is 0 Å². The number of unbranched alkanes of at least 4 members (excludes halogenated alkanes) is 32. The Bertz CT molecular complexity index is 515. The standard InChI is InChI=1S/C47H97N/c1-6-7-8-9-10-23-28-33-38-43-48(44-39-34-29-24-19-15-11-13-17-21-26-31-36-41-46(2)3)45-40-35-30-25-20-16-12-14-18-22-27-32-37-42-47(4)5/h46-47H,6-45H2,1-5H3. The molecule has 0 saturated carbocycles. The summed E-state index contributed by atoms with van der Waals surface area (Å²) in [5.41, 5.74) is 0. The average Bonchev–Trinajstić information content (AvgIpc) is 3.06. The Hall–Kier alpha value is -0.0400. The third-order valence-corrected chi connectivity index (χ3v) is 11.1. The highest BCUT2D eigenvalue weighted by Crippen LogP contribution is 2.17. The molecule has 1 heteroatoms. The monoisotopic (exact) mass is 676 g/mol. The van der Waals surface area contributed by atoms with Crippen LogP contribution in [0.2, 0.25) is 0 Å². The minimum absolute atomic E-state index is 0.890. The Kier molecular flexibility index (Phi) is 41.3. The number of rotatable bonds is 42.